The molecule has 2 heterocycles. The molecule has 9 nitrogen and oxygen atoms in total. The number of benzene rings is 2. The van der Waals surface area contributed by atoms with Crippen LogP contribution in [-0.2, 0) is 14.8 Å². The lowest BCUT2D eigenvalue weighted by Gasteiger charge is -2.36. The molecule has 0 N–H and O–H groups in total. The molecule has 0 bridgehead atoms. The van der Waals surface area contributed by atoms with Gasteiger partial charge in [-0.3, -0.25) is 4.90 Å². The van der Waals surface area contributed by atoms with Crippen LogP contribution < -0.4 is 4.74 Å². The minimum absolute atomic E-state index is 0.108. The van der Waals surface area contributed by atoms with Gasteiger partial charge in [-0.1, -0.05) is 35.5 Å². The van der Waals surface area contributed by atoms with Crippen molar-refractivity contribution in [3.63, 3.8) is 0 Å². The van der Waals surface area contributed by atoms with Crippen molar-refractivity contribution in [3.05, 3.63) is 60.5 Å². The number of piperazine rings is 1. The van der Waals surface area contributed by atoms with Crippen molar-refractivity contribution < 1.29 is 22.4 Å². The van der Waals surface area contributed by atoms with Crippen LogP contribution in [0.1, 0.15) is 25.8 Å². The fraction of sp³-hybridized carbons (Fsp3) is 0.417. The lowest BCUT2D eigenvalue weighted by atomic mass is 10.2. The summed E-state index contributed by atoms with van der Waals surface area (Å²) in [6.45, 7) is 7.39. The Labute approximate surface area is 200 Å². The third-order valence-electron chi connectivity index (χ3n) is 5.81. The van der Waals surface area contributed by atoms with E-state index < -0.39 is 10.0 Å². The molecule has 34 heavy (non-hydrogen) atoms. The van der Waals surface area contributed by atoms with E-state index in [9.17, 15) is 8.42 Å². The van der Waals surface area contributed by atoms with Gasteiger partial charge in [0.1, 0.15) is 12.4 Å². The van der Waals surface area contributed by atoms with Crippen LogP contribution in [0.3, 0.4) is 0 Å². The van der Waals surface area contributed by atoms with Crippen LogP contribution in [0.4, 0.5) is 0 Å². The van der Waals surface area contributed by atoms with Crippen molar-refractivity contribution in [1.29, 1.82) is 0 Å². The minimum atomic E-state index is -3.58. The Hall–Kier alpha value is -2.79. The monoisotopic (exact) mass is 486 g/mol. The highest BCUT2D eigenvalue weighted by Crippen LogP contribution is 2.26. The number of ether oxygens (including phenoxy) is 2. The Morgan fingerprint density at radius 2 is 1.71 bits per heavy atom. The normalized spacial score (nSPS) is 16.4. The molecule has 3 aromatic rings. The molecule has 1 atom stereocenters. The van der Waals surface area contributed by atoms with E-state index in [-0.39, 0.29) is 10.9 Å². The first-order valence-corrected chi connectivity index (χ1v) is 12.9. The summed E-state index contributed by atoms with van der Waals surface area (Å²) in [5, 5.41) is 4.09. The second kappa shape index (κ2) is 11.1. The van der Waals surface area contributed by atoms with Gasteiger partial charge in [-0.2, -0.15) is 9.29 Å². The van der Waals surface area contributed by atoms with Gasteiger partial charge in [-0.15, -0.1) is 0 Å². The van der Waals surface area contributed by atoms with Crippen molar-refractivity contribution in [2.75, 3.05) is 46.0 Å². The molecule has 1 aliphatic heterocycles. The summed E-state index contributed by atoms with van der Waals surface area (Å²) in [7, 11) is -3.58. The topological polar surface area (TPSA) is 98.0 Å². The molecule has 1 aromatic heterocycles. The summed E-state index contributed by atoms with van der Waals surface area (Å²) in [6.07, 6.45) is 0. The highest BCUT2D eigenvalue weighted by Gasteiger charge is 2.32. The third-order valence-corrected chi connectivity index (χ3v) is 7.73. The first-order chi connectivity index (χ1) is 16.5. The predicted molar refractivity (Wildman–Crippen MR) is 127 cm³/mol. The minimum Gasteiger partial charge on any atom is -0.491 e. The highest BCUT2D eigenvalue weighted by molar-refractivity contribution is 7.89. The van der Waals surface area contributed by atoms with Crippen LogP contribution in [0.15, 0.2) is 64.0 Å². The van der Waals surface area contributed by atoms with Gasteiger partial charge in [-0.05, 0) is 38.1 Å². The van der Waals surface area contributed by atoms with Gasteiger partial charge in [0, 0.05) is 38.3 Å². The zero-order chi connectivity index (χ0) is 24.0. The zero-order valence-electron chi connectivity index (χ0n) is 19.5. The van der Waals surface area contributed by atoms with E-state index in [0.29, 0.717) is 63.5 Å². The fourth-order valence-corrected chi connectivity index (χ4v) is 5.24. The van der Waals surface area contributed by atoms with Crippen LogP contribution >= 0.6 is 0 Å². The standard InChI is InChI=1S/C24H30N4O5S/c1-3-31-17-18-32-21-9-11-22(12-10-21)34(29,30)28-15-13-27(14-16-28)19(2)24-25-23(26-33-24)20-7-5-4-6-8-20/h4-12,19H,3,13-18H2,1-2H3. The van der Waals surface area contributed by atoms with E-state index in [1.54, 1.807) is 24.3 Å². The van der Waals surface area contributed by atoms with Crippen LogP contribution in [0.25, 0.3) is 11.4 Å². The number of hydrogen-bond donors (Lipinski definition) is 0. The van der Waals surface area contributed by atoms with Crippen LogP contribution in [0, 0.1) is 0 Å². The summed E-state index contributed by atoms with van der Waals surface area (Å²) in [6, 6.07) is 16.1. The van der Waals surface area contributed by atoms with Gasteiger partial charge in [0.05, 0.1) is 17.5 Å². The molecule has 4 rings (SSSR count). The first-order valence-electron chi connectivity index (χ1n) is 11.4. The first kappa shape index (κ1) is 24.3. The second-order valence-corrected chi connectivity index (χ2v) is 9.89. The second-order valence-electron chi connectivity index (χ2n) is 7.96. The molecule has 182 valence electrons. The maximum Gasteiger partial charge on any atom is 0.244 e. The van der Waals surface area contributed by atoms with Crippen molar-refractivity contribution in [1.82, 2.24) is 19.3 Å². The van der Waals surface area contributed by atoms with Crippen molar-refractivity contribution in [2.45, 2.75) is 24.8 Å². The van der Waals surface area contributed by atoms with Crippen molar-refractivity contribution in [2.24, 2.45) is 0 Å². The molecule has 2 aromatic carbocycles. The van der Waals surface area contributed by atoms with Crippen LogP contribution in [0.5, 0.6) is 5.75 Å². The Balaban J connectivity index is 1.33. The third kappa shape index (κ3) is 5.64. The molecule has 1 fully saturated rings. The van der Waals surface area contributed by atoms with E-state index in [0.717, 1.165) is 5.56 Å². The largest absolute Gasteiger partial charge is 0.491 e. The number of nitrogens with zero attached hydrogens (tertiary/aromatic N) is 4. The summed E-state index contributed by atoms with van der Waals surface area (Å²) in [5.41, 5.74) is 0.895. The van der Waals surface area contributed by atoms with E-state index in [1.165, 1.54) is 4.31 Å². The molecule has 1 saturated heterocycles. The quantitative estimate of drug-likeness (QED) is 0.403. The highest BCUT2D eigenvalue weighted by atomic mass is 32.2. The molecule has 1 aliphatic rings. The number of sulfonamides is 1. The SMILES string of the molecule is CCOCCOc1ccc(S(=O)(=O)N2CCN(C(C)c3nc(-c4ccccc4)no3)CC2)cc1. The molecular formula is C24H30N4O5S. The van der Waals surface area contributed by atoms with E-state index in [1.807, 2.05) is 44.2 Å². The van der Waals surface area contributed by atoms with Gasteiger partial charge >= 0.3 is 0 Å². The number of hydrogen-bond acceptors (Lipinski definition) is 8. The van der Waals surface area contributed by atoms with Crippen molar-refractivity contribution in [3.8, 4) is 17.1 Å². The molecule has 1 unspecified atom stereocenters. The van der Waals surface area contributed by atoms with E-state index in [2.05, 4.69) is 15.0 Å². The summed E-state index contributed by atoms with van der Waals surface area (Å²) in [4.78, 5) is 6.96. The Bertz CT molecular complexity index is 1140. The summed E-state index contributed by atoms with van der Waals surface area (Å²) >= 11 is 0. The predicted octanol–water partition coefficient (Wildman–Crippen LogP) is 3.22. The van der Waals surface area contributed by atoms with Crippen LogP contribution in [0.2, 0.25) is 0 Å². The lowest BCUT2D eigenvalue weighted by molar-refractivity contribution is 0.110. The Morgan fingerprint density at radius 1 is 1.00 bits per heavy atom. The molecule has 0 amide bonds. The molecule has 0 radical (unpaired) electrons. The van der Waals surface area contributed by atoms with Crippen molar-refractivity contribution >= 4 is 10.0 Å². The average molecular weight is 487 g/mol. The molecule has 0 aliphatic carbocycles. The number of aromatic nitrogens is 2. The number of rotatable bonds is 10. The molecule has 10 heteroatoms. The average Bonchev–Trinajstić information content (AvgIpc) is 3.38. The zero-order valence-corrected chi connectivity index (χ0v) is 20.3. The van der Waals surface area contributed by atoms with Crippen LogP contribution in [-0.4, -0.2) is 73.8 Å². The Morgan fingerprint density at radius 3 is 2.38 bits per heavy atom. The van der Waals surface area contributed by atoms with E-state index in [4.69, 9.17) is 14.0 Å². The van der Waals surface area contributed by atoms with E-state index >= 15 is 0 Å². The van der Waals surface area contributed by atoms with Gasteiger partial charge in [0.15, 0.2) is 0 Å². The smallest absolute Gasteiger partial charge is 0.244 e. The maximum absolute atomic E-state index is 13.1. The van der Waals surface area contributed by atoms with Gasteiger partial charge in [0.25, 0.3) is 0 Å². The molecule has 0 spiro atoms. The summed E-state index contributed by atoms with van der Waals surface area (Å²) in [5.74, 6) is 1.69. The molecular weight excluding hydrogens is 456 g/mol. The molecule has 0 saturated carbocycles. The van der Waals surface area contributed by atoms with Gasteiger partial charge in [0.2, 0.25) is 21.7 Å². The van der Waals surface area contributed by atoms with Gasteiger partial charge in [-0.25, -0.2) is 8.42 Å². The maximum atomic E-state index is 13.1. The lowest BCUT2D eigenvalue weighted by Crippen LogP contribution is -2.49. The summed E-state index contributed by atoms with van der Waals surface area (Å²) < 4.78 is 44.1. The fourth-order valence-electron chi connectivity index (χ4n) is 3.82. The van der Waals surface area contributed by atoms with Gasteiger partial charge < -0.3 is 14.0 Å². The Kier molecular flexibility index (Phi) is 7.94.